The maximum Gasteiger partial charge on any atom is 0.342 e. The zero-order valence-corrected chi connectivity index (χ0v) is 13.6. The summed E-state index contributed by atoms with van der Waals surface area (Å²) >= 11 is 0. The number of hydrogen-bond acceptors (Lipinski definition) is 6. The molecule has 0 fully saturated rings. The number of esters is 1. The number of fused-ring (bicyclic) bond motifs is 1. The predicted octanol–water partition coefficient (Wildman–Crippen LogP) is 0.956. The van der Waals surface area contributed by atoms with E-state index in [0.29, 0.717) is 11.4 Å². The van der Waals surface area contributed by atoms with Crippen molar-refractivity contribution >= 4 is 11.9 Å². The number of nitrogens with one attached hydrogen (secondary N) is 2. The maximum absolute atomic E-state index is 13.7. The zero-order valence-electron chi connectivity index (χ0n) is 13.6. The number of H-pyrrole nitrogens is 1. The first-order valence-electron chi connectivity index (χ1n) is 7.75. The number of aromatic nitrogens is 3. The summed E-state index contributed by atoms with van der Waals surface area (Å²) in [4.78, 5) is 28.4. The molecule has 25 heavy (non-hydrogen) atoms. The summed E-state index contributed by atoms with van der Waals surface area (Å²) in [5.41, 5.74) is 0.302. The van der Waals surface area contributed by atoms with E-state index in [1.165, 1.54) is 19.1 Å². The normalized spacial score (nSPS) is 18.9. The fourth-order valence-electron chi connectivity index (χ4n) is 2.59. The molecular weight excluding hydrogens is 331 g/mol. The van der Waals surface area contributed by atoms with E-state index in [4.69, 9.17) is 4.74 Å². The first kappa shape index (κ1) is 17.0. The lowest BCUT2D eigenvalue weighted by Gasteiger charge is -2.25. The Morgan fingerprint density at radius 2 is 2.24 bits per heavy atom. The van der Waals surface area contributed by atoms with Gasteiger partial charge < -0.3 is 15.2 Å². The van der Waals surface area contributed by atoms with Gasteiger partial charge in [0.25, 0.3) is 5.91 Å². The molecule has 0 aliphatic carbocycles. The lowest BCUT2D eigenvalue weighted by Crippen LogP contribution is -2.43. The molecule has 1 aromatic heterocycles. The molecule has 8 nitrogen and oxygen atoms in total. The van der Waals surface area contributed by atoms with Crippen LogP contribution in [0, 0.1) is 5.82 Å². The van der Waals surface area contributed by atoms with Gasteiger partial charge in [0.05, 0.1) is 11.6 Å². The number of amides is 1. The van der Waals surface area contributed by atoms with Crippen molar-refractivity contribution in [2.75, 3.05) is 0 Å². The number of ether oxygens (including phenoxy) is 1. The van der Waals surface area contributed by atoms with Crippen LogP contribution in [-0.4, -0.2) is 38.3 Å². The van der Waals surface area contributed by atoms with Crippen LogP contribution in [-0.2, 0) is 16.0 Å². The molecule has 0 spiro atoms. The number of aliphatic hydroxyl groups excluding tert-OH is 1. The van der Waals surface area contributed by atoms with Gasteiger partial charge >= 0.3 is 5.97 Å². The number of aliphatic hydroxyl groups is 1. The third kappa shape index (κ3) is 3.36. The van der Waals surface area contributed by atoms with Crippen LogP contribution in [0.15, 0.2) is 18.2 Å². The molecule has 1 aliphatic rings. The lowest BCUT2D eigenvalue weighted by molar-refractivity contribution is -0.131. The van der Waals surface area contributed by atoms with Crippen LogP contribution in [0.5, 0.6) is 0 Å². The van der Waals surface area contributed by atoms with E-state index in [2.05, 4.69) is 20.5 Å². The van der Waals surface area contributed by atoms with Gasteiger partial charge in [-0.1, -0.05) is 12.1 Å². The number of rotatable bonds is 4. The highest BCUT2D eigenvalue weighted by atomic mass is 19.1. The van der Waals surface area contributed by atoms with E-state index in [1.807, 2.05) is 0 Å². The van der Waals surface area contributed by atoms with Crippen molar-refractivity contribution in [2.45, 2.75) is 38.5 Å². The molecule has 3 rings (SSSR count). The Bertz CT molecular complexity index is 820. The molecule has 0 saturated carbocycles. The molecule has 3 unspecified atom stereocenters. The van der Waals surface area contributed by atoms with Crippen molar-refractivity contribution in [1.29, 1.82) is 0 Å². The highest BCUT2D eigenvalue weighted by molar-refractivity contribution is 5.96. The Morgan fingerprint density at radius 3 is 2.92 bits per heavy atom. The monoisotopic (exact) mass is 348 g/mol. The summed E-state index contributed by atoms with van der Waals surface area (Å²) in [6.07, 6.45) is -1.80. The van der Waals surface area contributed by atoms with Gasteiger partial charge in [-0.3, -0.25) is 9.89 Å². The van der Waals surface area contributed by atoms with E-state index >= 15 is 0 Å². The molecule has 3 atom stereocenters. The quantitative estimate of drug-likeness (QED) is 0.709. The van der Waals surface area contributed by atoms with Gasteiger partial charge in [0.15, 0.2) is 11.9 Å². The summed E-state index contributed by atoms with van der Waals surface area (Å²) in [5.74, 6) is -1.47. The maximum atomic E-state index is 13.7. The van der Waals surface area contributed by atoms with Gasteiger partial charge in [0, 0.05) is 6.42 Å². The number of halogens is 1. The van der Waals surface area contributed by atoms with Crippen LogP contribution in [0.3, 0.4) is 0 Å². The van der Waals surface area contributed by atoms with Crippen LogP contribution in [0.25, 0.3) is 0 Å². The summed E-state index contributed by atoms with van der Waals surface area (Å²) in [6.45, 7) is 3.19. The van der Waals surface area contributed by atoms with E-state index < -0.39 is 35.9 Å². The van der Waals surface area contributed by atoms with Crippen LogP contribution >= 0.6 is 0 Å². The van der Waals surface area contributed by atoms with Crippen LogP contribution in [0.1, 0.15) is 53.6 Å². The van der Waals surface area contributed by atoms with E-state index in [-0.39, 0.29) is 17.8 Å². The highest BCUT2D eigenvalue weighted by Gasteiger charge is 2.34. The summed E-state index contributed by atoms with van der Waals surface area (Å²) in [5, 5.41) is 18.6. The second kappa shape index (κ2) is 6.60. The standard InChI is InChI=1S/C16H17FN4O4/c1-7(13-19-14(8(2)22)21-20-13)18-15(23)11-6-9-4-3-5-10(17)12(9)16(24)25-11/h3-5,7-8,11,22H,6H2,1-2H3,(H,18,23)(H,19,20,21). The molecular formula is C16H17FN4O4. The Labute approximate surface area is 142 Å². The lowest BCUT2D eigenvalue weighted by atomic mass is 9.97. The van der Waals surface area contributed by atoms with Crippen molar-refractivity contribution in [3.05, 3.63) is 46.8 Å². The average Bonchev–Trinajstić information content (AvgIpc) is 3.04. The number of aromatic amines is 1. The van der Waals surface area contributed by atoms with Crippen LogP contribution in [0.4, 0.5) is 4.39 Å². The molecule has 0 bridgehead atoms. The highest BCUT2D eigenvalue weighted by Crippen LogP contribution is 2.23. The number of nitrogens with zero attached hydrogens (tertiary/aromatic N) is 2. The number of benzene rings is 1. The molecule has 9 heteroatoms. The van der Waals surface area contributed by atoms with E-state index in [0.717, 1.165) is 0 Å². The smallest absolute Gasteiger partial charge is 0.342 e. The van der Waals surface area contributed by atoms with Gasteiger partial charge in [-0.05, 0) is 25.5 Å². The largest absolute Gasteiger partial charge is 0.448 e. The van der Waals surface area contributed by atoms with Gasteiger partial charge in [-0.15, -0.1) is 0 Å². The van der Waals surface area contributed by atoms with Crippen molar-refractivity contribution < 1.29 is 23.8 Å². The average molecular weight is 348 g/mol. The van der Waals surface area contributed by atoms with E-state index in [1.54, 1.807) is 13.0 Å². The van der Waals surface area contributed by atoms with Gasteiger partial charge in [-0.2, -0.15) is 5.10 Å². The molecule has 2 aromatic rings. The number of cyclic esters (lactones) is 1. The number of carbonyl (C=O) groups excluding carboxylic acids is 2. The SMILES string of the molecule is CC(O)c1n[nH]c(C(C)NC(=O)C2Cc3cccc(F)c3C(=O)O2)n1. The third-order valence-corrected chi connectivity index (χ3v) is 3.91. The number of hydrogen-bond donors (Lipinski definition) is 3. The van der Waals surface area contributed by atoms with Crippen LogP contribution in [0.2, 0.25) is 0 Å². The Hall–Kier alpha value is -2.81. The Kier molecular flexibility index (Phi) is 4.49. The Balaban J connectivity index is 1.70. The fraction of sp³-hybridized carbons (Fsp3) is 0.375. The minimum atomic E-state index is -1.05. The van der Waals surface area contributed by atoms with E-state index in [9.17, 15) is 19.1 Å². The van der Waals surface area contributed by atoms with Gasteiger partial charge in [0.2, 0.25) is 0 Å². The van der Waals surface area contributed by atoms with Crippen molar-refractivity contribution in [3.63, 3.8) is 0 Å². The summed E-state index contributed by atoms with van der Waals surface area (Å²) in [7, 11) is 0. The summed E-state index contributed by atoms with van der Waals surface area (Å²) < 4.78 is 18.8. The molecule has 3 N–H and O–H groups in total. The van der Waals surface area contributed by atoms with Crippen LogP contribution < -0.4 is 5.32 Å². The minimum absolute atomic E-state index is 0.0900. The third-order valence-electron chi connectivity index (χ3n) is 3.91. The topological polar surface area (TPSA) is 117 Å². The molecule has 1 aliphatic heterocycles. The Morgan fingerprint density at radius 1 is 1.48 bits per heavy atom. The molecule has 0 saturated heterocycles. The molecule has 0 radical (unpaired) electrons. The predicted molar refractivity (Wildman–Crippen MR) is 82.9 cm³/mol. The van der Waals surface area contributed by atoms with Gasteiger partial charge in [-0.25, -0.2) is 14.2 Å². The van der Waals surface area contributed by atoms with Crippen molar-refractivity contribution in [3.8, 4) is 0 Å². The first-order chi connectivity index (χ1) is 11.9. The first-order valence-corrected chi connectivity index (χ1v) is 7.75. The summed E-state index contributed by atoms with van der Waals surface area (Å²) in [6, 6.07) is 3.71. The fourth-order valence-corrected chi connectivity index (χ4v) is 2.59. The second-order valence-electron chi connectivity index (χ2n) is 5.86. The second-order valence-corrected chi connectivity index (χ2v) is 5.86. The minimum Gasteiger partial charge on any atom is -0.448 e. The zero-order chi connectivity index (χ0) is 18.1. The molecule has 132 valence electrons. The molecule has 1 aromatic carbocycles. The molecule has 1 amide bonds. The number of carbonyl (C=O) groups is 2. The van der Waals surface area contributed by atoms with Crippen molar-refractivity contribution in [2.24, 2.45) is 0 Å². The van der Waals surface area contributed by atoms with Gasteiger partial charge in [0.1, 0.15) is 17.7 Å². The van der Waals surface area contributed by atoms with Crippen molar-refractivity contribution in [1.82, 2.24) is 20.5 Å². The molecule has 2 heterocycles.